The average molecular weight is 283 g/mol. The molecule has 3 nitrogen and oxygen atoms in total. The highest BCUT2D eigenvalue weighted by Gasteiger charge is 2.46. The Bertz CT molecular complexity index is 398. The Balaban J connectivity index is 1.94. The van der Waals surface area contributed by atoms with Crippen molar-refractivity contribution in [3.63, 3.8) is 0 Å². The molecule has 0 spiro atoms. The van der Waals surface area contributed by atoms with Gasteiger partial charge in [0.1, 0.15) is 0 Å². The van der Waals surface area contributed by atoms with Crippen molar-refractivity contribution in [2.75, 3.05) is 18.1 Å². The largest absolute Gasteiger partial charge is 0.374 e. The highest BCUT2D eigenvalue weighted by molar-refractivity contribution is 9.10. The van der Waals surface area contributed by atoms with E-state index in [1.807, 2.05) is 6.07 Å². The van der Waals surface area contributed by atoms with Gasteiger partial charge in [-0.2, -0.15) is 0 Å². The number of hydrogen-bond acceptors (Lipinski definition) is 3. The van der Waals surface area contributed by atoms with Crippen LogP contribution in [0.3, 0.4) is 0 Å². The molecule has 2 fully saturated rings. The summed E-state index contributed by atoms with van der Waals surface area (Å²) in [5, 5.41) is 0. The van der Waals surface area contributed by atoms with E-state index in [0.29, 0.717) is 24.7 Å². The molecule has 3 atom stereocenters. The van der Waals surface area contributed by atoms with Crippen LogP contribution in [0.2, 0.25) is 0 Å². The fourth-order valence-corrected chi connectivity index (χ4v) is 3.24. The predicted octanol–water partition coefficient (Wildman–Crippen LogP) is 1.75. The Morgan fingerprint density at radius 2 is 2.38 bits per heavy atom. The zero-order valence-electron chi connectivity index (χ0n) is 8.97. The van der Waals surface area contributed by atoms with Crippen molar-refractivity contribution in [2.24, 2.45) is 5.73 Å². The van der Waals surface area contributed by atoms with Gasteiger partial charge in [-0.05, 0) is 24.6 Å². The van der Waals surface area contributed by atoms with Gasteiger partial charge in [0.15, 0.2) is 0 Å². The van der Waals surface area contributed by atoms with E-state index in [9.17, 15) is 0 Å². The summed E-state index contributed by atoms with van der Waals surface area (Å²) in [5.74, 6) is 0. The van der Waals surface area contributed by atoms with Gasteiger partial charge in [0.2, 0.25) is 0 Å². The first kappa shape index (κ1) is 10.6. The molecule has 1 aromatic rings. The van der Waals surface area contributed by atoms with E-state index < -0.39 is 0 Å². The van der Waals surface area contributed by atoms with E-state index in [1.54, 1.807) is 0 Å². The maximum Gasteiger partial charge on any atom is 0.0812 e. The van der Waals surface area contributed by atoms with Crippen LogP contribution in [0.1, 0.15) is 6.42 Å². The molecule has 3 rings (SSSR count). The van der Waals surface area contributed by atoms with Crippen molar-refractivity contribution in [2.45, 2.75) is 24.6 Å². The van der Waals surface area contributed by atoms with Gasteiger partial charge >= 0.3 is 0 Å². The molecule has 4 heteroatoms. The summed E-state index contributed by atoms with van der Waals surface area (Å²) in [7, 11) is 0. The third-order valence-corrected chi connectivity index (χ3v) is 4.03. The summed E-state index contributed by atoms with van der Waals surface area (Å²) >= 11 is 3.51. The number of hydrogen-bond donors (Lipinski definition) is 1. The molecule has 2 aliphatic heterocycles. The molecule has 2 aliphatic rings. The van der Waals surface area contributed by atoms with E-state index in [2.05, 4.69) is 39.0 Å². The molecule has 2 saturated heterocycles. The van der Waals surface area contributed by atoms with Gasteiger partial charge in [0, 0.05) is 16.7 Å². The van der Waals surface area contributed by atoms with Gasteiger partial charge in [-0.1, -0.05) is 22.0 Å². The fraction of sp³-hybridized carbons (Fsp3) is 0.500. The number of nitrogens with zero attached hydrogens (tertiary/aromatic N) is 1. The van der Waals surface area contributed by atoms with Crippen LogP contribution in [0.4, 0.5) is 5.69 Å². The normalized spacial score (nSPS) is 32.4. The van der Waals surface area contributed by atoms with Crippen LogP contribution in [0.5, 0.6) is 0 Å². The van der Waals surface area contributed by atoms with Crippen LogP contribution in [0, 0.1) is 0 Å². The summed E-state index contributed by atoms with van der Waals surface area (Å²) in [6, 6.07) is 9.27. The van der Waals surface area contributed by atoms with Gasteiger partial charge < -0.3 is 15.4 Å². The Hall–Kier alpha value is -0.580. The standard InChI is InChI=1S/C12H15BrN2O/c13-8-2-1-3-9(4-8)15-10-5-12(16-7-10)11(15)6-14/h1-4,10-12H,5-7,14H2. The molecule has 0 amide bonds. The molecule has 2 N–H and O–H groups in total. The molecule has 2 heterocycles. The van der Waals surface area contributed by atoms with Crippen LogP contribution in [0.15, 0.2) is 28.7 Å². The van der Waals surface area contributed by atoms with E-state index in [4.69, 9.17) is 10.5 Å². The van der Waals surface area contributed by atoms with Gasteiger partial charge in [-0.15, -0.1) is 0 Å². The van der Waals surface area contributed by atoms with Gasteiger partial charge in [-0.3, -0.25) is 0 Å². The maximum absolute atomic E-state index is 5.85. The lowest BCUT2D eigenvalue weighted by molar-refractivity contribution is 0.0720. The quantitative estimate of drug-likeness (QED) is 0.898. The van der Waals surface area contributed by atoms with Crippen molar-refractivity contribution < 1.29 is 4.74 Å². The first-order valence-electron chi connectivity index (χ1n) is 5.65. The summed E-state index contributed by atoms with van der Waals surface area (Å²) < 4.78 is 6.82. The second-order valence-electron chi connectivity index (χ2n) is 4.45. The maximum atomic E-state index is 5.85. The lowest BCUT2D eigenvalue weighted by atomic mass is 10.1. The van der Waals surface area contributed by atoms with Crippen LogP contribution < -0.4 is 10.6 Å². The van der Waals surface area contributed by atoms with Crippen LogP contribution in [-0.4, -0.2) is 31.3 Å². The number of halogens is 1. The number of ether oxygens (including phenoxy) is 1. The van der Waals surface area contributed by atoms with Crippen molar-refractivity contribution in [3.8, 4) is 0 Å². The van der Waals surface area contributed by atoms with E-state index in [0.717, 1.165) is 17.5 Å². The predicted molar refractivity (Wildman–Crippen MR) is 67.6 cm³/mol. The number of fused-ring (bicyclic) bond motifs is 2. The number of morpholine rings is 1. The third kappa shape index (κ3) is 1.56. The molecule has 2 bridgehead atoms. The summed E-state index contributed by atoms with van der Waals surface area (Å²) in [5.41, 5.74) is 7.10. The minimum absolute atomic E-state index is 0.328. The SMILES string of the molecule is NCC1C2CC(CO2)N1c1cccc(Br)c1. The van der Waals surface area contributed by atoms with Crippen LogP contribution >= 0.6 is 15.9 Å². The molecule has 0 aliphatic carbocycles. The molecule has 3 unspecified atom stereocenters. The second kappa shape index (κ2) is 4.02. The van der Waals surface area contributed by atoms with Gasteiger partial charge in [0.05, 0.1) is 24.8 Å². The Kier molecular flexibility index (Phi) is 2.65. The number of benzene rings is 1. The number of rotatable bonds is 2. The van der Waals surface area contributed by atoms with Crippen molar-refractivity contribution in [1.29, 1.82) is 0 Å². The molecule has 0 aromatic heterocycles. The molecule has 0 radical (unpaired) electrons. The van der Waals surface area contributed by atoms with Crippen molar-refractivity contribution in [3.05, 3.63) is 28.7 Å². The second-order valence-corrected chi connectivity index (χ2v) is 5.37. The lowest BCUT2D eigenvalue weighted by Crippen LogP contribution is -2.49. The third-order valence-electron chi connectivity index (χ3n) is 3.53. The van der Waals surface area contributed by atoms with Crippen LogP contribution in [0.25, 0.3) is 0 Å². The van der Waals surface area contributed by atoms with E-state index >= 15 is 0 Å². The topological polar surface area (TPSA) is 38.5 Å². The van der Waals surface area contributed by atoms with Crippen molar-refractivity contribution >= 4 is 21.6 Å². The van der Waals surface area contributed by atoms with Gasteiger partial charge in [-0.25, -0.2) is 0 Å². The minimum atomic E-state index is 0.328. The van der Waals surface area contributed by atoms with Crippen molar-refractivity contribution in [1.82, 2.24) is 0 Å². The highest BCUT2D eigenvalue weighted by Crippen LogP contribution is 2.37. The lowest BCUT2D eigenvalue weighted by Gasteiger charge is -2.36. The first-order chi connectivity index (χ1) is 7.79. The summed E-state index contributed by atoms with van der Waals surface area (Å²) in [4.78, 5) is 2.43. The molecule has 86 valence electrons. The van der Waals surface area contributed by atoms with Crippen LogP contribution in [-0.2, 0) is 4.74 Å². The summed E-state index contributed by atoms with van der Waals surface area (Å²) in [6.45, 7) is 1.50. The first-order valence-corrected chi connectivity index (χ1v) is 6.44. The van der Waals surface area contributed by atoms with E-state index in [-0.39, 0.29) is 0 Å². The Labute approximate surface area is 104 Å². The van der Waals surface area contributed by atoms with E-state index in [1.165, 1.54) is 5.69 Å². The molecule has 16 heavy (non-hydrogen) atoms. The monoisotopic (exact) mass is 282 g/mol. The minimum Gasteiger partial charge on any atom is -0.374 e. The molecular formula is C12H15BrN2O. The zero-order valence-corrected chi connectivity index (χ0v) is 10.6. The molecular weight excluding hydrogens is 268 g/mol. The average Bonchev–Trinajstić information content (AvgIpc) is 2.88. The smallest absolute Gasteiger partial charge is 0.0812 e. The van der Waals surface area contributed by atoms with Gasteiger partial charge in [0.25, 0.3) is 0 Å². The molecule has 1 aromatic carbocycles. The Morgan fingerprint density at radius 3 is 3.12 bits per heavy atom. The number of nitrogens with two attached hydrogens (primary N) is 1. The number of anilines is 1. The zero-order chi connectivity index (χ0) is 11.1. The summed E-state index contributed by atoms with van der Waals surface area (Å²) in [6.07, 6.45) is 1.45. The highest BCUT2D eigenvalue weighted by atomic mass is 79.9. The fourth-order valence-electron chi connectivity index (χ4n) is 2.86. The molecule has 0 saturated carbocycles. The Morgan fingerprint density at radius 1 is 1.50 bits per heavy atom.